The molecule has 1 amide bonds. The van der Waals surface area contributed by atoms with E-state index in [1.807, 2.05) is 0 Å². The van der Waals surface area contributed by atoms with Gasteiger partial charge in [-0.25, -0.2) is 0 Å². The van der Waals surface area contributed by atoms with Gasteiger partial charge < -0.3 is 19.5 Å². The molecule has 2 rings (SSSR count). The van der Waals surface area contributed by atoms with Crippen LogP contribution < -0.4 is 4.74 Å². The Labute approximate surface area is 116 Å². The summed E-state index contributed by atoms with van der Waals surface area (Å²) in [5, 5.41) is 9.67. The summed E-state index contributed by atoms with van der Waals surface area (Å²) in [6.07, 6.45) is 0. The molecule has 1 N–H and O–H groups in total. The average molecular weight is 286 g/mol. The second-order valence-electron chi connectivity index (χ2n) is 4.16. The molecule has 6 heteroatoms. The number of nitrogens with zero attached hydrogens (tertiary/aromatic N) is 1. The number of morpholine rings is 1. The van der Waals surface area contributed by atoms with Gasteiger partial charge in [0, 0.05) is 23.7 Å². The molecule has 1 aliphatic rings. The van der Waals surface area contributed by atoms with Crippen molar-refractivity contribution in [1.29, 1.82) is 0 Å². The Balaban J connectivity index is 1.94. The third-order valence-corrected chi connectivity index (χ3v) is 3.30. The zero-order valence-corrected chi connectivity index (χ0v) is 11.2. The highest BCUT2D eigenvalue weighted by Gasteiger charge is 2.18. The molecule has 0 radical (unpaired) electrons. The highest BCUT2D eigenvalue weighted by atomic mass is 35.5. The third-order valence-electron chi connectivity index (χ3n) is 2.95. The molecule has 1 aromatic rings. The van der Waals surface area contributed by atoms with Gasteiger partial charge in [-0.15, -0.1) is 0 Å². The molecule has 0 spiro atoms. The number of carbonyl (C=O) groups excluding carboxylic acids is 1. The molecule has 1 heterocycles. The molecule has 1 aliphatic heterocycles. The molecule has 1 saturated heterocycles. The average Bonchev–Trinajstić information content (AvgIpc) is 2.45. The highest BCUT2D eigenvalue weighted by molar-refractivity contribution is 6.31. The number of benzene rings is 1. The maximum Gasteiger partial charge on any atom is 0.260 e. The lowest BCUT2D eigenvalue weighted by Crippen LogP contribution is -2.43. The zero-order valence-electron chi connectivity index (χ0n) is 10.5. The molecule has 0 saturated carbocycles. The fourth-order valence-electron chi connectivity index (χ4n) is 1.87. The molecule has 0 atom stereocenters. The first-order valence-corrected chi connectivity index (χ1v) is 6.46. The van der Waals surface area contributed by atoms with Crippen LogP contribution in [0, 0.1) is 0 Å². The Hall–Kier alpha value is -1.30. The maximum atomic E-state index is 11.9. The van der Waals surface area contributed by atoms with E-state index in [1.165, 1.54) is 0 Å². The molecule has 0 aliphatic carbocycles. The Morgan fingerprint density at radius 1 is 1.42 bits per heavy atom. The van der Waals surface area contributed by atoms with Gasteiger partial charge in [0.1, 0.15) is 5.75 Å². The first-order chi connectivity index (χ1) is 9.22. The topological polar surface area (TPSA) is 59.0 Å². The Bertz CT molecular complexity index is 446. The van der Waals surface area contributed by atoms with Crippen LogP contribution in [-0.2, 0) is 16.1 Å². The predicted octanol–water partition coefficient (Wildman–Crippen LogP) is 1.07. The van der Waals surface area contributed by atoms with E-state index in [0.717, 1.165) is 0 Å². The fraction of sp³-hybridized carbons (Fsp3) is 0.462. The van der Waals surface area contributed by atoms with Gasteiger partial charge in [-0.2, -0.15) is 0 Å². The first-order valence-electron chi connectivity index (χ1n) is 6.09. The number of hydrogen-bond donors (Lipinski definition) is 1. The Morgan fingerprint density at radius 2 is 2.16 bits per heavy atom. The summed E-state index contributed by atoms with van der Waals surface area (Å²) in [5.41, 5.74) is 0.499. The predicted molar refractivity (Wildman–Crippen MR) is 70.3 cm³/mol. The number of rotatable bonds is 4. The molecule has 1 fully saturated rings. The van der Waals surface area contributed by atoms with Crippen LogP contribution in [0.15, 0.2) is 18.2 Å². The minimum absolute atomic E-state index is 0.0622. The van der Waals surface area contributed by atoms with Crippen molar-refractivity contribution in [3.8, 4) is 5.75 Å². The van der Waals surface area contributed by atoms with E-state index in [4.69, 9.17) is 21.1 Å². The molecule has 0 bridgehead atoms. The molecule has 104 valence electrons. The van der Waals surface area contributed by atoms with Crippen molar-refractivity contribution in [2.75, 3.05) is 32.9 Å². The number of aliphatic hydroxyl groups is 1. The van der Waals surface area contributed by atoms with E-state index in [2.05, 4.69) is 0 Å². The Kier molecular flexibility index (Phi) is 5.01. The second-order valence-corrected chi connectivity index (χ2v) is 4.56. The summed E-state index contributed by atoms with van der Waals surface area (Å²) in [4.78, 5) is 13.6. The monoisotopic (exact) mass is 285 g/mol. The van der Waals surface area contributed by atoms with Crippen molar-refractivity contribution < 1.29 is 19.4 Å². The van der Waals surface area contributed by atoms with Crippen LogP contribution in [0.5, 0.6) is 5.75 Å². The van der Waals surface area contributed by atoms with Gasteiger partial charge >= 0.3 is 0 Å². The number of aliphatic hydroxyl groups excluding tert-OH is 1. The SMILES string of the molecule is O=C(COc1cccc(Cl)c1CO)N1CCOCC1. The van der Waals surface area contributed by atoms with Crippen LogP contribution >= 0.6 is 11.6 Å². The van der Waals surface area contributed by atoms with Crippen LogP contribution in [0.2, 0.25) is 5.02 Å². The van der Waals surface area contributed by atoms with Gasteiger partial charge in [-0.3, -0.25) is 4.79 Å². The summed E-state index contributed by atoms with van der Waals surface area (Å²) >= 11 is 5.94. The van der Waals surface area contributed by atoms with Gasteiger partial charge in [0.15, 0.2) is 6.61 Å². The maximum absolute atomic E-state index is 11.9. The number of amides is 1. The third kappa shape index (κ3) is 3.59. The van der Waals surface area contributed by atoms with Crippen LogP contribution in [0.25, 0.3) is 0 Å². The molecule has 0 unspecified atom stereocenters. The zero-order chi connectivity index (χ0) is 13.7. The van der Waals surface area contributed by atoms with Gasteiger partial charge in [0.25, 0.3) is 5.91 Å². The summed E-state index contributed by atoms with van der Waals surface area (Å²) in [6.45, 7) is 2.01. The summed E-state index contributed by atoms with van der Waals surface area (Å²) in [5.74, 6) is 0.351. The molecule has 5 nitrogen and oxygen atoms in total. The van der Waals surface area contributed by atoms with Crippen molar-refractivity contribution >= 4 is 17.5 Å². The summed E-state index contributed by atoms with van der Waals surface area (Å²) in [6, 6.07) is 5.07. The molecule has 1 aromatic carbocycles. The lowest BCUT2D eigenvalue weighted by Gasteiger charge is -2.26. The van der Waals surface area contributed by atoms with Crippen LogP contribution in [0.3, 0.4) is 0 Å². The van der Waals surface area contributed by atoms with Crippen molar-refractivity contribution in [2.24, 2.45) is 0 Å². The van der Waals surface area contributed by atoms with E-state index >= 15 is 0 Å². The van der Waals surface area contributed by atoms with E-state index in [9.17, 15) is 9.90 Å². The largest absolute Gasteiger partial charge is 0.483 e. The van der Waals surface area contributed by atoms with Gasteiger partial charge in [-0.1, -0.05) is 17.7 Å². The number of carbonyl (C=O) groups is 1. The molecule has 19 heavy (non-hydrogen) atoms. The van der Waals surface area contributed by atoms with E-state index in [0.29, 0.717) is 42.6 Å². The van der Waals surface area contributed by atoms with E-state index in [-0.39, 0.29) is 19.1 Å². The Morgan fingerprint density at radius 3 is 2.84 bits per heavy atom. The second kappa shape index (κ2) is 6.75. The van der Waals surface area contributed by atoms with E-state index in [1.54, 1.807) is 23.1 Å². The lowest BCUT2D eigenvalue weighted by molar-refractivity contribution is -0.137. The lowest BCUT2D eigenvalue weighted by atomic mass is 10.2. The molecule has 0 aromatic heterocycles. The minimum atomic E-state index is -0.221. The van der Waals surface area contributed by atoms with Crippen molar-refractivity contribution in [3.63, 3.8) is 0 Å². The molecular weight excluding hydrogens is 270 g/mol. The van der Waals surface area contributed by atoms with Crippen LogP contribution in [0.1, 0.15) is 5.56 Å². The minimum Gasteiger partial charge on any atom is -0.483 e. The highest BCUT2D eigenvalue weighted by Crippen LogP contribution is 2.26. The fourth-order valence-corrected chi connectivity index (χ4v) is 2.10. The smallest absolute Gasteiger partial charge is 0.260 e. The van der Waals surface area contributed by atoms with Gasteiger partial charge in [-0.05, 0) is 12.1 Å². The standard InChI is InChI=1S/C13H16ClNO4/c14-11-2-1-3-12(10(11)8-16)19-9-13(17)15-4-6-18-7-5-15/h1-3,16H,4-9H2. The molecular formula is C13H16ClNO4. The summed E-state index contributed by atoms with van der Waals surface area (Å²) in [7, 11) is 0. The van der Waals surface area contributed by atoms with Crippen molar-refractivity contribution in [2.45, 2.75) is 6.61 Å². The number of hydrogen-bond acceptors (Lipinski definition) is 4. The number of ether oxygens (including phenoxy) is 2. The van der Waals surface area contributed by atoms with Gasteiger partial charge in [0.2, 0.25) is 0 Å². The van der Waals surface area contributed by atoms with Crippen LogP contribution in [0.4, 0.5) is 0 Å². The summed E-state index contributed by atoms with van der Waals surface area (Å²) < 4.78 is 10.6. The van der Waals surface area contributed by atoms with Crippen LogP contribution in [-0.4, -0.2) is 48.8 Å². The van der Waals surface area contributed by atoms with Crippen molar-refractivity contribution in [1.82, 2.24) is 4.90 Å². The number of halogens is 1. The van der Waals surface area contributed by atoms with Gasteiger partial charge in [0.05, 0.1) is 19.8 Å². The van der Waals surface area contributed by atoms with E-state index < -0.39 is 0 Å². The van der Waals surface area contributed by atoms with Crippen molar-refractivity contribution in [3.05, 3.63) is 28.8 Å². The quantitative estimate of drug-likeness (QED) is 0.899. The normalized spacial score (nSPS) is 15.4. The first kappa shape index (κ1) is 14.1.